The first-order valence-corrected chi connectivity index (χ1v) is 7.99. The molecule has 0 amide bonds. The quantitative estimate of drug-likeness (QED) is 0.575. The molecule has 2 aromatic heterocycles. The van der Waals surface area contributed by atoms with E-state index in [4.69, 9.17) is 5.84 Å². The number of nitrogens with one attached hydrogen (secondary N) is 1. The summed E-state index contributed by atoms with van der Waals surface area (Å²) in [6, 6.07) is 2.13. The highest BCUT2D eigenvalue weighted by Crippen LogP contribution is 2.16. The molecule has 0 aromatic carbocycles. The fourth-order valence-corrected chi connectivity index (χ4v) is 2.32. The zero-order chi connectivity index (χ0) is 15.2. The lowest BCUT2D eigenvalue weighted by molar-refractivity contribution is 0.647. The van der Waals surface area contributed by atoms with E-state index in [1.807, 2.05) is 29.8 Å². The van der Waals surface area contributed by atoms with Gasteiger partial charge in [0.05, 0.1) is 0 Å². The van der Waals surface area contributed by atoms with Crippen molar-refractivity contribution in [2.75, 3.05) is 29.4 Å². The van der Waals surface area contributed by atoms with Gasteiger partial charge in [0.15, 0.2) is 0 Å². The van der Waals surface area contributed by atoms with Gasteiger partial charge in [0.2, 0.25) is 11.9 Å². The summed E-state index contributed by atoms with van der Waals surface area (Å²) in [6.45, 7) is 2.14. The molecule has 1 unspecified atom stereocenters. The summed E-state index contributed by atoms with van der Waals surface area (Å²) in [5.74, 6) is 7.84. The number of nitrogens with two attached hydrogens (primary N) is 1. The van der Waals surface area contributed by atoms with Crippen molar-refractivity contribution in [3.05, 3.63) is 18.5 Å². The Balaban J connectivity index is 2.28. The summed E-state index contributed by atoms with van der Waals surface area (Å²) < 4.78 is 1.58. The van der Waals surface area contributed by atoms with Gasteiger partial charge in [-0.3, -0.25) is 5.43 Å². The van der Waals surface area contributed by atoms with Crippen molar-refractivity contribution >= 4 is 23.7 Å². The van der Waals surface area contributed by atoms with Crippen LogP contribution < -0.4 is 16.2 Å². The molecule has 0 aliphatic carbocycles. The van der Waals surface area contributed by atoms with Crippen molar-refractivity contribution < 1.29 is 0 Å². The second-order valence-electron chi connectivity index (χ2n) is 4.60. The summed E-state index contributed by atoms with van der Waals surface area (Å²) in [6.07, 6.45) is 6.59. The van der Waals surface area contributed by atoms with E-state index in [1.165, 1.54) is 0 Å². The first-order chi connectivity index (χ1) is 10.2. The van der Waals surface area contributed by atoms with Crippen LogP contribution in [0, 0.1) is 0 Å². The second-order valence-corrected chi connectivity index (χ2v) is 5.58. The standard InChI is InChI=1S/C12H20N8S/c1-9(5-8-21-3)19(2)11-15-10(18-13)16-12(17-11)20-7-4-6-14-20/h4,6-7,9H,5,8,13H2,1-3H3,(H,15,16,17,18). The number of nitrogens with zero attached hydrogens (tertiary/aromatic N) is 6. The fraction of sp³-hybridized carbons (Fsp3) is 0.500. The topological polar surface area (TPSA) is 97.8 Å². The molecule has 2 heterocycles. The largest absolute Gasteiger partial charge is 0.341 e. The van der Waals surface area contributed by atoms with Gasteiger partial charge in [-0.05, 0) is 31.4 Å². The van der Waals surface area contributed by atoms with Crippen LogP contribution in [0.5, 0.6) is 0 Å². The van der Waals surface area contributed by atoms with Crippen LogP contribution in [-0.4, -0.2) is 49.8 Å². The van der Waals surface area contributed by atoms with Crippen molar-refractivity contribution in [3.8, 4) is 5.95 Å². The van der Waals surface area contributed by atoms with Crippen molar-refractivity contribution in [1.29, 1.82) is 0 Å². The molecule has 0 fully saturated rings. The van der Waals surface area contributed by atoms with Gasteiger partial charge >= 0.3 is 0 Å². The van der Waals surface area contributed by atoms with Crippen LogP contribution in [0.1, 0.15) is 13.3 Å². The lowest BCUT2D eigenvalue weighted by Crippen LogP contribution is -2.32. The molecule has 9 heteroatoms. The number of anilines is 2. The molecule has 2 rings (SSSR count). The zero-order valence-corrected chi connectivity index (χ0v) is 13.2. The summed E-state index contributed by atoms with van der Waals surface area (Å²) in [4.78, 5) is 15.0. The Morgan fingerprint density at radius 1 is 1.43 bits per heavy atom. The Kier molecular flexibility index (Phi) is 5.34. The van der Waals surface area contributed by atoms with Gasteiger partial charge < -0.3 is 4.90 Å². The first-order valence-electron chi connectivity index (χ1n) is 6.60. The first kappa shape index (κ1) is 15.5. The van der Waals surface area contributed by atoms with Crippen molar-refractivity contribution in [3.63, 3.8) is 0 Å². The second kappa shape index (κ2) is 7.23. The molecule has 0 bridgehead atoms. The molecule has 0 aliphatic heterocycles. The zero-order valence-electron chi connectivity index (χ0n) is 12.4. The molecular weight excluding hydrogens is 288 g/mol. The van der Waals surface area contributed by atoms with E-state index in [0.717, 1.165) is 12.2 Å². The highest BCUT2D eigenvalue weighted by atomic mass is 32.2. The van der Waals surface area contributed by atoms with E-state index >= 15 is 0 Å². The van der Waals surface area contributed by atoms with Gasteiger partial charge in [0.1, 0.15) is 0 Å². The maximum absolute atomic E-state index is 5.44. The minimum Gasteiger partial charge on any atom is -0.341 e. The Labute approximate surface area is 128 Å². The highest BCUT2D eigenvalue weighted by molar-refractivity contribution is 7.98. The number of aromatic nitrogens is 5. The smallest absolute Gasteiger partial charge is 0.257 e. The maximum atomic E-state index is 5.44. The third-order valence-electron chi connectivity index (χ3n) is 3.17. The van der Waals surface area contributed by atoms with Gasteiger partial charge in [0.25, 0.3) is 5.95 Å². The third-order valence-corrected chi connectivity index (χ3v) is 3.81. The molecule has 0 saturated heterocycles. The minimum atomic E-state index is 0.314. The number of hydrogen-bond donors (Lipinski definition) is 2. The molecule has 2 aromatic rings. The summed E-state index contributed by atoms with van der Waals surface area (Å²) >= 11 is 1.83. The van der Waals surface area contributed by atoms with Crippen LogP contribution in [0.15, 0.2) is 18.5 Å². The van der Waals surface area contributed by atoms with E-state index in [2.05, 4.69) is 38.7 Å². The van der Waals surface area contributed by atoms with Crippen molar-refractivity contribution in [2.45, 2.75) is 19.4 Å². The number of nitrogen functional groups attached to an aromatic ring is 1. The van der Waals surface area contributed by atoms with Crippen LogP contribution in [0.2, 0.25) is 0 Å². The summed E-state index contributed by atoms with van der Waals surface area (Å²) in [7, 11) is 1.97. The average Bonchev–Trinajstić information content (AvgIpc) is 3.05. The van der Waals surface area contributed by atoms with Crippen LogP contribution >= 0.6 is 11.8 Å². The minimum absolute atomic E-state index is 0.314. The predicted molar refractivity (Wildman–Crippen MR) is 85.6 cm³/mol. The number of rotatable bonds is 7. The van der Waals surface area contributed by atoms with E-state index in [0.29, 0.717) is 23.9 Å². The Bertz CT molecular complexity index is 558. The molecule has 0 spiro atoms. The lowest BCUT2D eigenvalue weighted by Gasteiger charge is -2.25. The predicted octanol–water partition coefficient (Wildman–Crippen LogP) is 0.921. The Hall–Kier alpha value is -1.87. The number of thioether (sulfide) groups is 1. The Morgan fingerprint density at radius 2 is 2.24 bits per heavy atom. The lowest BCUT2D eigenvalue weighted by atomic mass is 10.2. The average molecular weight is 308 g/mol. The number of hydrazine groups is 1. The van der Waals surface area contributed by atoms with Crippen LogP contribution in [-0.2, 0) is 0 Å². The molecule has 21 heavy (non-hydrogen) atoms. The molecule has 8 nitrogen and oxygen atoms in total. The summed E-state index contributed by atoms with van der Waals surface area (Å²) in [5.41, 5.74) is 2.47. The van der Waals surface area contributed by atoms with E-state index < -0.39 is 0 Å². The van der Waals surface area contributed by atoms with E-state index in [9.17, 15) is 0 Å². The molecule has 0 aliphatic rings. The SMILES string of the molecule is CSCCC(C)N(C)c1nc(NN)nc(-n2cccn2)n1. The maximum Gasteiger partial charge on any atom is 0.257 e. The molecule has 0 saturated carbocycles. The highest BCUT2D eigenvalue weighted by Gasteiger charge is 2.16. The molecule has 0 radical (unpaired) electrons. The normalized spacial score (nSPS) is 12.2. The van der Waals surface area contributed by atoms with Gasteiger partial charge in [-0.15, -0.1) is 0 Å². The molecule has 1 atom stereocenters. The molecule has 3 N–H and O–H groups in total. The monoisotopic (exact) mass is 308 g/mol. The number of hydrogen-bond acceptors (Lipinski definition) is 8. The van der Waals surface area contributed by atoms with Crippen molar-refractivity contribution in [2.24, 2.45) is 5.84 Å². The van der Waals surface area contributed by atoms with Gasteiger partial charge in [-0.25, -0.2) is 10.5 Å². The third kappa shape index (κ3) is 3.82. The van der Waals surface area contributed by atoms with Crippen LogP contribution in [0.4, 0.5) is 11.9 Å². The van der Waals surface area contributed by atoms with Gasteiger partial charge in [0, 0.05) is 25.5 Å². The van der Waals surface area contributed by atoms with Gasteiger partial charge in [-0.2, -0.15) is 31.8 Å². The van der Waals surface area contributed by atoms with E-state index in [-0.39, 0.29) is 0 Å². The molecule has 114 valence electrons. The van der Waals surface area contributed by atoms with Gasteiger partial charge in [-0.1, -0.05) is 0 Å². The van der Waals surface area contributed by atoms with Crippen LogP contribution in [0.25, 0.3) is 5.95 Å². The van der Waals surface area contributed by atoms with Crippen molar-refractivity contribution in [1.82, 2.24) is 24.7 Å². The fourth-order valence-electron chi connectivity index (χ4n) is 1.74. The van der Waals surface area contributed by atoms with Crippen LogP contribution in [0.3, 0.4) is 0 Å². The summed E-state index contributed by atoms with van der Waals surface area (Å²) in [5, 5.41) is 4.13. The van der Waals surface area contributed by atoms with E-state index in [1.54, 1.807) is 17.1 Å². The molecular formula is C12H20N8S. The Morgan fingerprint density at radius 3 is 2.86 bits per heavy atom.